The molecule has 0 saturated carbocycles. The number of nitrogens with one attached hydrogen (secondary N) is 1. The minimum absolute atomic E-state index is 0.0114. The van der Waals surface area contributed by atoms with E-state index in [1.165, 1.54) is 315 Å². The van der Waals surface area contributed by atoms with Crippen LogP contribution in [0.1, 0.15) is 386 Å². The van der Waals surface area contributed by atoms with Crippen molar-refractivity contribution in [1.29, 1.82) is 0 Å². The van der Waals surface area contributed by atoms with Gasteiger partial charge in [-0.3, -0.25) is 9.59 Å². The van der Waals surface area contributed by atoms with Crippen LogP contribution in [0.3, 0.4) is 0 Å². The molecule has 0 rings (SSSR count). The molecular weight excluding hydrogens is 887 g/mol. The highest BCUT2D eigenvalue weighted by Gasteiger charge is 2.20. The first kappa shape index (κ1) is 70.9. The van der Waals surface area contributed by atoms with Gasteiger partial charge in [-0.1, -0.05) is 348 Å². The average molecular weight is 1020 g/mol. The Morgan fingerprint density at radius 2 is 0.569 bits per heavy atom. The van der Waals surface area contributed by atoms with Gasteiger partial charge in [0.1, 0.15) is 0 Å². The fraction of sp³-hybridized carbons (Fsp3) is 0.970. The summed E-state index contributed by atoms with van der Waals surface area (Å²) in [5, 5.41) is 23.4. The fourth-order valence-corrected chi connectivity index (χ4v) is 10.8. The van der Waals surface area contributed by atoms with Gasteiger partial charge >= 0.3 is 5.97 Å². The maximum atomic E-state index is 12.5. The molecule has 0 saturated heterocycles. The van der Waals surface area contributed by atoms with Crippen molar-refractivity contribution in [1.82, 2.24) is 5.32 Å². The number of rotatable bonds is 63. The Morgan fingerprint density at radius 3 is 0.847 bits per heavy atom. The van der Waals surface area contributed by atoms with Crippen LogP contribution in [0.4, 0.5) is 0 Å². The van der Waals surface area contributed by atoms with Crippen LogP contribution in [0.5, 0.6) is 0 Å². The minimum atomic E-state index is -0.668. The molecule has 0 fully saturated rings. The van der Waals surface area contributed by atoms with E-state index >= 15 is 0 Å². The van der Waals surface area contributed by atoms with Crippen molar-refractivity contribution in [3.05, 3.63) is 0 Å². The summed E-state index contributed by atoms with van der Waals surface area (Å²) in [7, 11) is 0. The number of unbranched alkanes of at least 4 members (excludes halogenated alkanes) is 52. The van der Waals surface area contributed by atoms with Crippen LogP contribution < -0.4 is 5.32 Å². The first-order chi connectivity index (χ1) is 35.5. The van der Waals surface area contributed by atoms with Crippen molar-refractivity contribution in [3.63, 3.8) is 0 Å². The Bertz CT molecular complexity index is 1040. The third-order valence-corrected chi connectivity index (χ3v) is 15.9. The van der Waals surface area contributed by atoms with Crippen LogP contribution in [0.15, 0.2) is 0 Å². The number of aliphatic hydroxyl groups excluding tert-OH is 2. The van der Waals surface area contributed by atoms with Gasteiger partial charge in [0.2, 0.25) is 5.91 Å². The lowest BCUT2D eigenvalue weighted by Crippen LogP contribution is -2.45. The lowest BCUT2D eigenvalue weighted by atomic mass is 10.0. The van der Waals surface area contributed by atoms with Crippen LogP contribution in [0.2, 0.25) is 0 Å². The van der Waals surface area contributed by atoms with Gasteiger partial charge in [-0.25, -0.2) is 0 Å². The zero-order chi connectivity index (χ0) is 52.2. The summed E-state index contributed by atoms with van der Waals surface area (Å²) in [5.41, 5.74) is 0. The monoisotopic (exact) mass is 1020 g/mol. The molecule has 1 amide bonds. The van der Waals surface area contributed by atoms with E-state index in [2.05, 4.69) is 19.2 Å². The van der Waals surface area contributed by atoms with Crippen molar-refractivity contribution in [2.24, 2.45) is 0 Å². The molecule has 2 atom stereocenters. The Labute approximate surface area is 451 Å². The maximum Gasteiger partial charge on any atom is 0.305 e. The van der Waals surface area contributed by atoms with E-state index in [1.54, 1.807) is 0 Å². The van der Waals surface area contributed by atoms with E-state index < -0.39 is 12.1 Å². The summed E-state index contributed by atoms with van der Waals surface area (Å²) in [6, 6.07) is -0.545. The maximum absolute atomic E-state index is 12.5. The quantitative estimate of drug-likeness (QED) is 0.0417. The van der Waals surface area contributed by atoms with E-state index in [-0.39, 0.29) is 18.5 Å². The highest BCUT2D eigenvalue weighted by atomic mass is 16.5. The Hall–Kier alpha value is -1.14. The Morgan fingerprint density at radius 1 is 0.333 bits per heavy atom. The molecule has 0 aromatic rings. The first-order valence-corrected chi connectivity index (χ1v) is 33.3. The number of amides is 1. The average Bonchev–Trinajstić information content (AvgIpc) is 3.38. The van der Waals surface area contributed by atoms with Gasteiger partial charge in [-0.2, -0.15) is 0 Å². The van der Waals surface area contributed by atoms with E-state index in [9.17, 15) is 19.8 Å². The van der Waals surface area contributed by atoms with Crippen LogP contribution >= 0.6 is 0 Å². The summed E-state index contributed by atoms with van der Waals surface area (Å²) in [6.45, 7) is 4.99. The predicted octanol–water partition coefficient (Wildman–Crippen LogP) is 21.0. The van der Waals surface area contributed by atoms with Crippen molar-refractivity contribution in [2.75, 3.05) is 13.2 Å². The molecule has 6 nitrogen and oxygen atoms in total. The highest BCUT2D eigenvalue weighted by Crippen LogP contribution is 2.19. The molecule has 0 aliphatic carbocycles. The number of carbonyl (C=O) groups is 2. The van der Waals surface area contributed by atoms with E-state index in [0.29, 0.717) is 25.9 Å². The summed E-state index contributed by atoms with van der Waals surface area (Å²) < 4.78 is 5.50. The number of hydrogen-bond acceptors (Lipinski definition) is 5. The molecule has 0 aliphatic rings. The van der Waals surface area contributed by atoms with Gasteiger partial charge in [0.15, 0.2) is 0 Å². The molecule has 430 valence electrons. The zero-order valence-electron chi connectivity index (χ0n) is 49.2. The predicted molar refractivity (Wildman–Crippen MR) is 315 cm³/mol. The molecule has 2 unspecified atom stereocenters. The Balaban J connectivity index is 3.38. The van der Waals surface area contributed by atoms with Gasteiger partial charge < -0.3 is 20.3 Å². The molecule has 3 N–H and O–H groups in total. The standard InChI is InChI=1S/C66H131NO5/c1-3-5-7-9-11-13-15-17-19-21-23-24-26-30-34-38-42-46-50-54-58-64(69)63(62-68)67-65(70)59-55-51-47-43-39-35-31-27-25-29-33-37-41-45-49-53-57-61-72-66(71)60-56-52-48-44-40-36-32-28-22-20-18-16-14-12-10-8-6-4-2/h63-64,68-69H,3-62H2,1-2H3,(H,67,70). The summed E-state index contributed by atoms with van der Waals surface area (Å²) in [6.07, 6.45) is 74.1. The van der Waals surface area contributed by atoms with Gasteiger partial charge in [0.05, 0.1) is 25.4 Å². The molecule has 0 spiro atoms. The minimum Gasteiger partial charge on any atom is -0.466 e. The van der Waals surface area contributed by atoms with E-state index in [4.69, 9.17) is 4.74 Å². The van der Waals surface area contributed by atoms with Gasteiger partial charge in [0, 0.05) is 12.8 Å². The zero-order valence-corrected chi connectivity index (χ0v) is 49.2. The second-order valence-corrected chi connectivity index (χ2v) is 23.2. The largest absolute Gasteiger partial charge is 0.466 e. The van der Waals surface area contributed by atoms with Crippen LogP contribution in [-0.2, 0) is 14.3 Å². The van der Waals surface area contributed by atoms with Crippen molar-refractivity contribution in [2.45, 2.75) is 398 Å². The molecule has 0 aliphatic heterocycles. The molecule has 0 bridgehead atoms. The van der Waals surface area contributed by atoms with Gasteiger partial charge in [-0.05, 0) is 25.7 Å². The van der Waals surface area contributed by atoms with Crippen LogP contribution in [0.25, 0.3) is 0 Å². The summed E-state index contributed by atoms with van der Waals surface area (Å²) in [5.74, 6) is -0.0238. The van der Waals surface area contributed by atoms with Crippen molar-refractivity contribution >= 4 is 11.9 Å². The lowest BCUT2D eigenvalue weighted by Gasteiger charge is -2.22. The number of aliphatic hydroxyl groups is 2. The second kappa shape index (κ2) is 62.4. The third-order valence-electron chi connectivity index (χ3n) is 15.9. The van der Waals surface area contributed by atoms with Gasteiger partial charge in [0.25, 0.3) is 0 Å². The number of carbonyl (C=O) groups excluding carboxylic acids is 2. The molecule has 6 heteroatoms. The SMILES string of the molecule is CCCCCCCCCCCCCCCCCCCCCCC(O)C(CO)NC(=O)CCCCCCCCCCCCCCCCCCCOC(=O)CCCCCCCCCCCCCCCCCCCC. The molecule has 0 aromatic carbocycles. The summed E-state index contributed by atoms with van der Waals surface area (Å²) >= 11 is 0. The molecular formula is C66H131NO5. The van der Waals surface area contributed by atoms with Crippen LogP contribution in [0, 0.1) is 0 Å². The first-order valence-electron chi connectivity index (χ1n) is 33.3. The van der Waals surface area contributed by atoms with Crippen molar-refractivity contribution in [3.8, 4) is 0 Å². The third kappa shape index (κ3) is 58.1. The Kier molecular flexibility index (Phi) is 61.4. The smallest absolute Gasteiger partial charge is 0.305 e. The lowest BCUT2D eigenvalue weighted by molar-refractivity contribution is -0.143. The molecule has 0 aromatic heterocycles. The van der Waals surface area contributed by atoms with Gasteiger partial charge in [-0.15, -0.1) is 0 Å². The summed E-state index contributed by atoms with van der Waals surface area (Å²) in [4.78, 5) is 24.6. The molecule has 0 heterocycles. The number of ether oxygens (including phenoxy) is 1. The van der Waals surface area contributed by atoms with E-state index in [1.807, 2.05) is 0 Å². The topological polar surface area (TPSA) is 95.9 Å². The van der Waals surface area contributed by atoms with E-state index in [0.717, 1.165) is 38.5 Å². The molecule has 72 heavy (non-hydrogen) atoms. The molecule has 0 radical (unpaired) electrons. The second-order valence-electron chi connectivity index (χ2n) is 23.2. The van der Waals surface area contributed by atoms with Crippen molar-refractivity contribution < 1.29 is 24.5 Å². The highest BCUT2D eigenvalue weighted by molar-refractivity contribution is 5.76. The normalized spacial score (nSPS) is 12.4. The van der Waals surface area contributed by atoms with Crippen LogP contribution in [-0.4, -0.2) is 47.4 Å². The number of hydrogen-bond donors (Lipinski definition) is 3. The number of esters is 1. The fourth-order valence-electron chi connectivity index (χ4n) is 10.8.